The van der Waals surface area contributed by atoms with Crippen LogP contribution in [0.3, 0.4) is 0 Å². The number of benzene rings is 2. The van der Waals surface area contributed by atoms with Gasteiger partial charge in [-0.3, -0.25) is 0 Å². The second-order valence-electron chi connectivity index (χ2n) is 6.11. The Bertz CT molecular complexity index is 818. The maximum absolute atomic E-state index is 12.4. The molecule has 3 nitrogen and oxygen atoms in total. The zero-order valence-electron chi connectivity index (χ0n) is 13.0. The number of hydrogen-bond donors (Lipinski definition) is 1. The average Bonchev–Trinajstić information content (AvgIpc) is 2.93. The first-order valence-electron chi connectivity index (χ1n) is 7.79. The molecule has 1 atom stereocenters. The summed E-state index contributed by atoms with van der Waals surface area (Å²) in [7, 11) is -3.38. The van der Waals surface area contributed by atoms with E-state index >= 15 is 0 Å². The first-order valence-corrected chi connectivity index (χ1v) is 10.2. The molecule has 1 unspecified atom stereocenters. The summed E-state index contributed by atoms with van der Waals surface area (Å²) in [5, 5.41) is 0. The summed E-state index contributed by atoms with van der Waals surface area (Å²) in [5.74, 6) is -0.0122. The molecule has 0 amide bonds. The number of rotatable bonds is 5. The number of fused-ring (bicyclic) bond motifs is 1. The van der Waals surface area contributed by atoms with Gasteiger partial charge in [-0.25, -0.2) is 13.1 Å². The summed E-state index contributed by atoms with van der Waals surface area (Å²) >= 11 is 3.37. The van der Waals surface area contributed by atoms with Crippen molar-refractivity contribution < 1.29 is 8.42 Å². The lowest BCUT2D eigenvalue weighted by Crippen LogP contribution is -2.28. The normalized spacial score (nSPS) is 15.4. The highest BCUT2D eigenvalue weighted by atomic mass is 79.9. The molecule has 0 radical (unpaired) electrons. The fourth-order valence-electron chi connectivity index (χ4n) is 3.09. The van der Waals surface area contributed by atoms with Gasteiger partial charge in [0.15, 0.2) is 0 Å². The van der Waals surface area contributed by atoms with Crippen molar-refractivity contribution in [3.63, 3.8) is 0 Å². The van der Waals surface area contributed by atoms with Crippen molar-refractivity contribution in [2.45, 2.75) is 38.0 Å². The molecular formula is C18H20BrNO2S. The quantitative estimate of drug-likeness (QED) is 0.830. The highest BCUT2D eigenvalue weighted by Gasteiger charge is 2.18. The molecule has 0 fully saturated rings. The van der Waals surface area contributed by atoms with Crippen molar-refractivity contribution in [2.24, 2.45) is 0 Å². The van der Waals surface area contributed by atoms with Crippen LogP contribution in [-0.2, 0) is 28.6 Å². The van der Waals surface area contributed by atoms with Gasteiger partial charge in [-0.15, -0.1) is 0 Å². The van der Waals surface area contributed by atoms with Crippen LogP contribution in [0.15, 0.2) is 46.9 Å². The fourth-order valence-corrected chi connectivity index (χ4v) is 4.91. The van der Waals surface area contributed by atoms with E-state index in [-0.39, 0.29) is 11.8 Å². The lowest BCUT2D eigenvalue weighted by atomic mass is 10.0. The lowest BCUT2D eigenvalue weighted by molar-refractivity contribution is 0.566. The van der Waals surface area contributed by atoms with Crippen LogP contribution in [-0.4, -0.2) is 8.42 Å². The highest BCUT2D eigenvalue weighted by Crippen LogP contribution is 2.26. The zero-order valence-corrected chi connectivity index (χ0v) is 15.5. The molecule has 0 spiro atoms. The average molecular weight is 394 g/mol. The summed E-state index contributed by atoms with van der Waals surface area (Å²) in [6.07, 6.45) is 3.43. The molecule has 2 aromatic rings. The Hall–Kier alpha value is -1.17. The van der Waals surface area contributed by atoms with E-state index in [1.807, 2.05) is 37.3 Å². The smallest absolute Gasteiger partial charge is 0.212 e. The van der Waals surface area contributed by atoms with Gasteiger partial charge in [-0.2, -0.15) is 0 Å². The van der Waals surface area contributed by atoms with Crippen LogP contribution < -0.4 is 4.72 Å². The number of halogens is 1. The number of hydrogen-bond acceptors (Lipinski definition) is 2. The maximum atomic E-state index is 12.4. The second-order valence-corrected chi connectivity index (χ2v) is 8.78. The Morgan fingerprint density at radius 3 is 2.70 bits per heavy atom. The summed E-state index contributed by atoms with van der Waals surface area (Å²) in [5.41, 5.74) is 4.56. The van der Waals surface area contributed by atoms with Crippen molar-refractivity contribution in [3.8, 4) is 0 Å². The van der Waals surface area contributed by atoms with Gasteiger partial charge in [0.05, 0.1) is 5.75 Å². The predicted octanol–water partition coefficient (Wildman–Crippen LogP) is 4.12. The molecule has 0 saturated carbocycles. The van der Waals surface area contributed by atoms with Gasteiger partial charge in [0.1, 0.15) is 0 Å². The maximum Gasteiger partial charge on any atom is 0.216 e. The largest absolute Gasteiger partial charge is 0.216 e. The van der Waals surface area contributed by atoms with E-state index in [4.69, 9.17) is 0 Å². The van der Waals surface area contributed by atoms with Crippen LogP contribution in [0.25, 0.3) is 0 Å². The van der Waals surface area contributed by atoms with Crippen LogP contribution in [0.1, 0.15) is 41.6 Å². The SMILES string of the molecule is CC(NS(=O)(=O)Cc1cccc(Br)c1)c1ccc2c(c1)CCC2. The van der Waals surface area contributed by atoms with E-state index in [9.17, 15) is 8.42 Å². The predicted molar refractivity (Wildman–Crippen MR) is 96.8 cm³/mol. The lowest BCUT2D eigenvalue weighted by Gasteiger charge is -2.16. The molecular weight excluding hydrogens is 374 g/mol. The number of sulfonamides is 1. The first-order chi connectivity index (χ1) is 10.9. The summed E-state index contributed by atoms with van der Waals surface area (Å²) in [6.45, 7) is 1.90. The number of aryl methyl sites for hydroxylation is 2. The van der Waals surface area contributed by atoms with Gasteiger partial charge >= 0.3 is 0 Å². The van der Waals surface area contributed by atoms with Gasteiger partial charge in [-0.1, -0.05) is 46.3 Å². The minimum absolute atomic E-state index is 0.0122. The Morgan fingerprint density at radius 2 is 1.91 bits per heavy atom. The molecule has 1 aliphatic rings. The Balaban J connectivity index is 1.72. The van der Waals surface area contributed by atoms with E-state index in [0.717, 1.165) is 28.4 Å². The Morgan fingerprint density at radius 1 is 1.13 bits per heavy atom. The minimum Gasteiger partial charge on any atom is -0.212 e. The van der Waals surface area contributed by atoms with Crippen LogP contribution in [0.4, 0.5) is 0 Å². The molecule has 2 aromatic carbocycles. The van der Waals surface area contributed by atoms with Gasteiger partial charge < -0.3 is 0 Å². The number of nitrogens with one attached hydrogen (secondary N) is 1. The molecule has 1 N–H and O–H groups in total. The molecule has 122 valence electrons. The summed E-state index contributed by atoms with van der Waals surface area (Å²) < 4.78 is 28.5. The monoisotopic (exact) mass is 393 g/mol. The topological polar surface area (TPSA) is 46.2 Å². The van der Waals surface area contributed by atoms with Crippen molar-refractivity contribution in [3.05, 3.63) is 69.2 Å². The van der Waals surface area contributed by atoms with Crippen molar-refractivity contribution in [2.75, 3.05) is 0 Å². The van der Waals surface area contributed by atoms with Gasteiger partial charge in [0.25, 0.3) is 0 Å². The molecule has 0 aromatic heterocycles. The summed E-state index contributed by atoms with van der Waals surface area (Å²) in [6, 6.07) is 13.5. The fraction of sp³-hybridized carbons (Fsp3) is 0.333. The molecule has 0 heterocycles. The molecule has 3 rings (SSSR count). The third kappa shape index (κ3) is 4.22. The highest BCUT2D eigenvalue weighted by molar-refractivity contribution is 9.10. The molecule has 0 aliphatic heterocycles. The van der Waals surface area contributed by atoms with E-state index in [1.165, 1.54) is 17.5 Å². The Labute approximate surface area is 146 Å². The van der Waals surface area contributed by atoms with Gasteiger partial charge in [-0.05, 0) is 60.6 Å². The van der Waals surface area contributed by atoms with Gasteiger partial charge in [0.2, 0.25) is 10.0 Å². The molecule has 0 bridgehead atoms. The third-order valence-electron chi connectivity index (χ3n) is 4.22. The van der Waals surface area contributed by atoms with Crippen molar-refractivity contribution in [1.82, 2.24) is 4.72 Å². The third-order valence-corrected chi connectivity index (χ3v) is 6.14. The van der Waals surface area contributed by atoms with Crippen molar-refractivity contribution in [1.29, 1.82) is 0 Å². The first kappa shape index (κ1) is 16.7. The van der Waals surface area contributed by atoms with Crippen molar-refractivity contribution >= 4 is 26.0 Å². The molecule has 0 saturated heterocycles. The molecule has 5 heteroatoms. The minimum atomic E-state index is -3.38. The van der Waals surface area contributed by atoms with Crippen LogP contribution in [0.5, 0.6) is 0 Å². The standard InChI is InChI=1S/C18H20BrNO2S/c1-13(16-9-8-15-5-3-6-17(15)11-16)20-23(21,22)12-14-4-2-7-18(19)10-14/h2,4,7-11,13,20H,3,5-6,12H2,1H3. The summed E-state index contributed by atoms with van der Waals surface area (Å²) in [4.78, 5) is 0. The van der Waals surface area contributed by atoms with Crippen LogP contribution in [0, 0.1) is 0 Å². The van der Waals surface area contributed by atoms with E-state index in [0.29, 0.717) is 0 Å². The Kier molecular flexibility index (Phi) is 4.90. The van der Waals surface area contributed by atoms with E-state index < -0.39 is 10.0 Å². The second kappa shape index (κ2) is 6.75. The van der Waals surface area contributed by atoms with E-state index in [1.54, 1.807) is 0 Å². The van der Waals surface area contributed by atoms with Crippen LogP contribution >= 0.6 is 15.9 Å². The zero-order chi connectivity index (χ0) is 16.4. The van der Waals surface area contributed by atoms with Gasteiger partial charge in [0, 0.05) is 10.5 Å². The molecule has 1 aliphatic carbocycles. The van der Waals surface area contributed by atoms with E-state index in [2.05, 4.69) is 32.8 Å². The van der Waals surface area contributed by atoms with Crippen LogP contribution in [0.2, 0.25) is 0 Å². The molecule has 23 heavy (non-hydrogen) atoms.